The van der Waals surface area contributed by atoms with Gasteiger partial charge in [0.15, 0.2) is 0 Å². The van der Waals surface area contributed by atoms with Crippen molar-refractivity contribution in [3.05, 3.63) is 18.0 Å². The molecule has 0 bridgehead atoms. The third-order valence-corrected chi connectivity index (χ3v) is 4.06. The molecule has 2 N–H and O–H groups in total. The Hall–Kier alpha value is -1.04. The van der Waals surface area contributed by atoms with Crippen molar-refractivity contribution < 1.29 is 13.2 Å². The summed E-state index contributed by atoms with van der Waals surface area (Å²) in [5, 5.41) is 4.09. The van der Waals surface area contributed by atoms with Gasteiger partial charge in [0.05, 0.1) is 12.1 Å². The molecule has 0 radical (unpaired) electrons. The van der Waals surface area contributed by atoms with E-state index < -0.39 is 24.1 Å². The third-order valence-electron chi connectivity index (χ3n) is 4.06. The summed E-state index contributed by atoms with van der Waals surface area (Å²) in [6.07, 6.45) is 1.41. The monoisotopic (exact) mass is 275 g/mol. The average Bonchev–Trinajstić information content (AvgIpc) is 2.85. The number of hydrogen-bond donors (Lipinski definition) is 1. The van der Waals surface area contributed by atoms with E-state index in [0.717, 1.165) is 6.42 Å². The molecule has 1 aliphatic carbocycles. The van der Waals surface area contributed by atoms with Crippen molar-refractivity contribution in [2.75, 3.05) is 0 Å². The molecular weight excluding hydrogens is 255 g/mol. The van der Waals surface area contributed by atoms with Gasteiger partial charge in [0.1, 0.15) is 0 Å². The van der Waals surface area contributed by atoms with Gasteiger partial charge in [-0.3, -0.25) is 4.68 Å². The van der Waals surface area contributed by atoms with E-state index >= 15 is 0 Å². The Morgan fingerprint density at radius 3 is 2.68 bits per heavy atom. The van der Waals surface area contributed by atoms with Crippen LogP contribution in [0, 0.1) is 11.8 Å². The van der Waals surface area contributed by atoms with Gasteiger partial charge in [-0.1, -0.05) is 12.8 Å². The summed E-state index contributed by atoms with van der Waals surface area (Å²) in [4.78, 5) is 0. The SMILES string of the molecule is CCn1cc(C(N)C2CCCCC2C(F)(F)F)cn1. The topological polar surface area (TPSA) is 43.8 Å². The second kappa shape index (κ2) is 5.53. The fraction of sp³-hybridized carbons (Fsp3) is 0.769. The summed E-state index contributed by atoms with van der Waals surface area (Å²) in [5.74, 6) is -1.80. The van der Waals surface area contributed by atoms with Gasteiger partial charge in [-0.2, -0.15) is 18.3 Å². The number of rotatable bonds is 3. The number of nitrogens with zero attached hydrogens (tertiary/aromatic N) is 2. The maximum Gasteiger partial charge on any atom is 0.392 e. The zero-order chi connectivity index (χ0) is 14.0. The lowest BCUT2D eigenvalue weighted by Crippen LogP contribution is -2.38. The van der Waals surface area contributed by atoms with Gasteiger partial charge in [0.2, 0.25) is 0 Å². The van der Waals surface area contributed by atoms with Gasteiger partial charge < -0.3 is 5.73 Å². The molecule has 108 valence electrons. The van der Waals surface area contributed by atoms with Gasteiger partial charge in [0.25, 0.3) is 0 Å². The van der Waals surface area contributed by atoms with E-state index in [0.29, 0.717) is 24.9 Å². The Balaban J connectivity index is 2.17. The van der Waals surface area contributed by atoms with Crippen LogP contribution in [0.1, 0.15) is 44.2 Å². The van der Waals surface area contributed by atoms with Crippen LogP contribution in [0.3, 0.4) is 0 Å². The highest BCUT2D eigenvalue weighted by molar-refractivity contribution is 5.12. The molecule has 0 aliphatic heterocycles. The molecule has 19 heavy (non-hydrogen) atoms. The predicted octanol–water partition coefficient (Wildman–Crippen LogP) is 3.27. The standard InChI is InChI=1S/C13H20F3N3/c1-2-19-8-9(7-18-19)12(17)10-5-3-4-6-11(10)13(14,15)16/h7-8,10-12H,2-6,17H2,1H3. The van der Waals surface area contributed by atoms with Crippen LogP contribution in [0.15, 0.2) is 12.4 Å². The maximum atomic E-state index is 13.1. The van der Waals surface area contributed by atoms with Crippen LogP contribution in [-0.2, 0) is 6.54 Å². The maximum absolute atomic E-state index is 13.1. The van der Waals surface area contributed by atoms with Gasteiger partial charge >= 0.3 is 6.18 Å². The van der Waals surface area contributed by atoms with Crippen LogP contribution in [0.4, 0.5) is 13.2 Å². The lowest BCUT2D eigenvalue weighted by Gasteiger charge is -2.36. The molecule has 3 atom stereocenters. The number of nitrogens with two attached hydrogens (primary N) is 1. The zero-order valence-corrected chi connectivity index (χ0v) is 11.0. The van der Waals surface area contributed by atoms with Crippen molar-refractivity contribution >= 4 is 0 Å². The molecule has 3 nitrogen and oxygen atoms in total. The lowest BCUT2D eigenvalue weighted by molar-refractivity contribution is -0.198. The average molecular weight is 275 g/mol. The Kier molecular flexibility index (Phi) is 4.18. The van der Waals surface area contributed by atoms with E-state index in [1.165, 1.54) is 0 Å². The number of halogens is 3. The van der Waals surface area contributed by atoms with E-state index in [1.54, 1.807) is 17.1 Å². The highest BCUT2D eigenvalue weighted by atomic mass is 19.4. The first-order valence-corrected chi connectivity index (χ1v) is 6.78. The second-order valence-electron chi connectivity index (χ2n) is 5.25. The molecule has 1 aromatic heterocycles. The van der Waals surface area contributed by atoms with E-state index in [9.17, 15) is 13.2 Å². The quantitative estimate of drug-likeness (QED) is 0.920. The number of aryl methyl sites for hydroxylation is 1. The predicted molar refractivity (Wildman–Crippen MR) is 66.3 cm³/mol. The van der Waals surface area contributed by atoms with Crippen molar-refractivity contribution in [2.24, 2.45) is 17.6 Å². The molecule has 0 saturated heterocycles. The van der Waals surface area contributed by atoms with Crippen molar-refractivity contribution in [3.8, 4) is 0 Å². The summed E-state index contributed by atoms with van der Waals surface area (Å²) < 4.78 is 40.9. The fourth-order valence-electron chi connectivity index (χ4n) is 2.97. The summed E-state index contributed by atoms with van der Waals surface area (Å²) in [7, 11) is 0. The minimum atomic E-state index is -4.15. The molecule has 3 unspecified atom stereocenters. The third kappa shape index (κ3) is 3.11. The zero-order valence-electron chi connectivity index (χ0n) is 11.0. The van der Waals surface area contributed by atoms with Crippen molar-refractivity contribution in [2.45, 2.75) is 51.4 Å². The van der Waals surface area contributed by atoms with Gasteiger partial charge in [-0.05, 0) is 25.7 Å². The Labute approximate surface area is 111 Å². The number of alkyl halides is 3. The number of aromatic nitrogens is 2. The van der Waals surface area contributed by atoms with Crippen LogP contribution < -0.4 is 5.73 Å². The molecule has 1 heterocycles. The van der Waals surface area contributed by atoms with Gasteiger partial charge in [-0.25, -0.2) is 0 Å². The second-order valence-corrected chi connectivity index (χ2v) is 5.25. The van der Waals surface area contributed by atoms with Crippen LogP contribution >= 0.6 is 0 Å². The minimum absolute atomic E-state index is 0.198. The minimum Gasteiger partial charge on any atom is -0.324 e. The highest BCUT2D eigenvalue weighted by Crippen LogP contribution is 2.45. The number of hydrogen-bond acceptors (Lipinski definition) is 2. The molecule has 1 saturated carbocycles. The Morgan fingerprint density at radius 1 is 1.42 bits per heavy atom. The molecule has 0 amide bonds. The molecule has 6 heteroatoms. The normalized spacial score (nSPS) is 26.4. The smallest absolute Gasteiger partial charge is 0.324 e. The summed E-state index contributed by atoms with van der Waals surface area (Å²) >= 11 is 0. The highest BCUT2D eigenvalue weighted by Gasteiger charge is 2.47. The lowest BCUT2D eigenvalue weighted by atomic mass is 9.74. The molecule has 2 rings (SSSR count). The largest absolute Gasteiger partial charge is 0.392 e. The van der Waals surface area contributed by atoms with Gasteiger partial charge in [-0.15, -0.1) is 0 Å². The Morgan fingerprint density at radius 2 is 2.11 bits per heavy atom. The summed E-state index contributed by atoms with van der Waals surface area (Å²) in [6.45, 7) is 2.63. The van der Waals surface area contributed by atoms with E-state index in [4.69, 9.17) is 5.73 Å². The van der Waals surface area contributed by atoms with Crippen LogP contribution in [0.5, 0.6) is 0 Å². The van der Waals surface area contributed by atoms with E-state index in [1.807, 2.05) is 6.92 Å². The molecular formula is C13H20F3N3. The fourth-order valence-corrected chi connectivity index (χ4v) is 2.97. The van der Waals surface area contributed by atoms with Crippen molar-refractivity contribution in [1.82, 2.24) is 9.78 Å². The molecule has 1 fully saturated rings. The molecule has 1 aromatic rings. The van der Waals surface area contributed by atoms with Crippen molar-refractivity contribution in [1.29, 1.82) is 0 Å². The Bertz CT molecular complexity index is 414. The first kappa shape index (κ1) is 14.4. The van der Waals surface area contributed by atoms with E-state index in [2.05, 4.69) is 5.10 Å². The van der Waals surface area contributed by atoms with Crippen LogP contribution in [0.25, 0.3) is 0 Å². The first-order valence-electron chi connectivity index (χ1n) is 6.78. The van der Waals surface area contributed by atoms with Crippen LogP contribution in [0.2, 0.25) is 0 Å². The van der Waals surface area contributed by atoms with Crippen molar-refractivity contribution in [3.63, 3.8) is 0 Å². The van der Waals surface area contributed by atoms with Crippen LogP contribution in [-0.4, -0.2) is 16.0 Å². The molecule has 0 spiro atoms. The molecule has 0 aromatic carbocycles. The first-order chi connectivity index (χ1) is 8.93. The summed E-state index contributed by atoms with van der Waals surface area (Å²) in [5.41, 5.74) is 6.78. The summed E-state index contributed by atoms with van der Waals surface area (Å²) in [6, 6.07) is -0.577. The molecule has 1 aliphatic rings. The van der Waals surface area contributed by atoms with E-state index in [-0.39, 0.29) is 6.42 Å². The van der Waals surface area contributed by atoms with Gasteiger partial charge in [0, 0.05) is 24.3 Å².